The maximum atomic E-state index is 12.4. The Morgan fingerprint density at radius 1 is 0.923 bits per heavy atom. The normalized spacial score (nSPS) is 9.19. The molecule has 0 fully saturated rings. The third kappa shape index (κ3) is 4.26. The highest BCUT2D eigenvalue weighted by Crippen LogP contribution is 2.22. The third-order valence-corrected chi connectivity index (χ3v) is 3.62. The first-order chi connectivity index (χ1) is 12.5. The van der Waals surface area contributed by atoms with Crippen LogP contribution in [0.15, 0.2) is 53.7 Å². The first-order valence-corrected chi connectivity index (χ1v) is 7.68. The Morgan fingerprint density at radius 3 is 2.27 bits per heavy atom. The maximum Gasteiger partial charge on any atom is 0.255 e. The van der Waals surface area contributed by atoms with E-state index in [0.29, 0.717) is 16.9 Å². The Kier molecular flexibility index (Phi) is 5.72. The van der Waals surface area contributed by atoms with Gasteiger partial charge in [0, 0.05) is 16.9 Å². The smallest absolute Gasteiger partial charge is 0.255 e. The van der Waals surface area contributed by atoms with E-state index in [4.69, 9.17) is 15.8 Å². The van der Waals surface area contributed by atoms with Crippen LogP contribution in [-0.4, -0.2) is 5.91 Å². The molecular weight excluding hydrogens is 326 g/mol. The monoisotopic (exact) mass is 341 g/mol. The summed E-state index contributed by atoms with van der Waals surface area (Å²) in [7, 11) is 0. The lowest BCUT2D eigenvalue weighted by Crippen LogP contribution is -2.13. The van der Waals surface area contributed by atoms with Gasteiger partial charge in [0.2, 0.25) is 0 Å². The van der Waals surface area contributed by atoms with E-state index in [1.807, 2.05) is 26.0 Å². The van der Waals surface area contributed by atoms with Crippen molar-refractivity contribution in [3.8, 4) is 18.2 Å². The number of benzene rings is 2. The van der Waals surface area contributed by atoms with Gasteiger partial charge in [-0.15, -0.1) is 0 Å². The van der Waals surface area contributed by atoms with Crippen molar-refractivity contribution in [3.63, 3.8) is 0 Å². The standard InChI is InChI=1S/C20H15N5O/c1-13-4-3-5-15(8-13)20(26)25-18-9-17(7-6-14(18)2)24-19(12-23)16(10-21)11-22/h3-9,24H,1-2H3,(H,25,26). The van der Waals surface area contributed by atoms with Crippen LogP contribution in [0.25, 0.3) is 0 Å². The zero-order valence-corrected chi connectivity index (χ0v) is 14.3. The molecule has 26 heavy (non-hydrogen) atoms. The largest absolute Gasteiger partial charge is 0.345 e. The van der Waals surface area contributed by atoms with Gasteiger partial charge in [0.15, 0.2) is 5.57 Å². The summed E-state index contributed by atoms with van der Waals surface area (Å²) < 4.78 is 0. The second kappa shape index (κ2) is 8.15. The van der Waals surface area contributed by atoms with Crippen LogP contribution in [0.5, 0.6) is 0 Å². The van der Waals surface area contributed by atoms with E-state index in [1.54, 1.807) is 48.5 Å². The SMILES string of the molecule is Cc1cccc(C(=O)Nc2cc(NC(C#N)=C(C#N)C#N)ccc2C)c1. The van der Waals surface area contributed by atoms with Gasteiger partial charge in [0.25, 0.3) is 5.91 Å². The van der Waals surface area contributed by atoms with Gasteiger partial charge in [0.1, 0.15) is 23.9 Å². The molecule has 126 valence electrons. The van der Waals surface area contributed by atoms with Crippen LogP contribution in [0.3, 0.4) is 0 Å². The minimum absolute atomic E-state index is 0.144. The van der Waals surface area contributed by atoms with Crippen molar-refractivity contribution in [2.45, 2.75) is 13.8 Å². The number of amides is 1. The molecule has 0 spiro atoms. The molecule has 2 N–H and O–H groups in total. The van der Waals surface area contributed by atoms with Gasteiger partial charge in [-0.25, -0.2) is 0 Å². The second-order valence-corrected chi connectivity index (χ2v) is 5.56. The fourth-order valence-electron chi connectivity index (χ4n) is 2.24. The lowest BCUT2D eigenvalue weighted by atomic mass is 10.1. The molecule has 0 bridgehead atoms. The van der Waals surface area contributed by atoms with E-state index in [1.165, 1.54) is 0 Å². The number of carbonyl (C=O) groups excluding carboxylic acids is 1. The van der Waals surface area contributed by atoms with Gasteiger partial charge in [-0.1, -0.05) is 23.8 Å². The Bertz CT molecular complexity index is 1000. The van der Waals surface area contributed by atoms with Crippen molar-refractivity contribution >= 4 is 17.3 Å². The lowest BCUT2D eigenvalue weighted by molar-refractivity contribution is 0.102. The van der Waals surface area contributed by atoms with Crippen LogP contribution in [0.4, 0.5) is 11.4 Å². The fourth-order valence-corrected chi connectivity index (χ4v) is 2.24. The van der Waals surface area contributed by atoms with Crippen molar-refractivity contribution < 1.29 is 4.79 Å². The van der Waals surface area contributed by atoms with Crippen LogP contribution in [0.2, 0.25) is 0 Å². The quantitative estimate of drug-likeness (QED) is 0.821. The number of hydrogen-bond acceptors (Lipinski definition) is 5. The molecule has 1 amide bonds. The van der Waals surface area contributed by atoms with Crippen molar-refractivity contribution in [2.24, 2.45) is 0 Å². The van der Waals surface area contributed by atoms with Gasteiger partial charge >= 0.3 is 0 Å². The molecular formula is C20H15N5O. The maximum absolute atomic E-state index is 12.4. The molecule has 0 atom stereocenters. The molecule has 0 saturated carbocycles. The summed E-state index contributed by atoms with van der Waals surface area (Å²) in [5, 5.41) is 32.5. The molecule has 0 aliphatic rings. The highest BCUT2D eigenvalue weighted by molar-refractivity contribution is 6.05. The van der Waals surface area contributed by atoms with Crippen molar-refractivity contribution in [1.29, 1.82) is 15.8 Å². The number of allylic oxidation sites excluding steroid dienone is 2. The number of nitrogens with zero attached hydrogens (tertiary/aromatic N) is 3. The fraction of sp³-hybridized carbons (Fsp3) is 0.100. The highest BCUT2D eigenvalue weighted by Gasteiger charge is 2.10. The molecule has 0 saturated heterocycles. The molecule has 2 rings (SSSR count). The summed E-state index contributed by atoms with van der Waals surface area (Å²) in [6, 6.07) is 17.5. The molecule has 0 heterocycles. The molecule has 0 aliphatic heterocycles. The Labute approximate surface area is 151 Å². The summed E-state index contributed by atoms with van der Waals surface area (Å²) in [5.74, 6) is -0.250. The van der Waals surface area contributed by atoms with Crippen molar-refractivity contribution in [2.75, 3.05) is 10.6 Å². The van der Waals surface area contributed by atoms with E-state index in [-0.39, 0.29) is 17.2 Å². The number of nitriles is 3. The predicted molar refractivity (Wildman–Crippen MR) is 97.8 cm³/mol. The zero-order valence-electron chi connectivity index (χ0n) is 14.3. The van der Waals surface area contributed by atoms with E-state index >= 15 is 0 Å². The number of anilines is 2. The molecule has 2 aromatic rings. The third-order valence-electron chi connectivity index (χ3n) is 3.62. The minimum Gasteiger partial charge on any atom is -0.345 e. The zero-order chi connectivity index (χ0) is 19.1. The Balaban J connectivity index is 2.30. The van der Waals surface area contributed by atoms with Crippen LogP contribution >= 0.6 is 0 Å². The average Bonchev–Trinajstić information content (AvgIpc) is 2.64. The van der Waals surface area contributed by atoms with E-state index < -0.39 is 0 Å². The first-order valence-electron chi connectivity index (χ1n) is 7.68. The Morgan fingerprint density at radius 2 is 1.65 bits per heavy atom. The minimum atomic E-state index is -0.307. The first kappa shape index (κ1) is 18.3. The van der Waals surface area contributed by atoms with Crippen molar-refractivity contribution in [3.05, 3.63) is 70.4 Å². The molecule has 0 unspecified atom stereocenters. The Hall–Kier alpha value is -4.08. The average molecular weight is 341 g/mol. The predicted octanol–water partition coefficient (Wildman–Crippen LogP) is 3.79. The van der Waals surface area contributed by atoms with E-state index in [2.05, 4.69) is 10.6 Å². The summed E-state index contributed by atoms with van der Waals surface area (Å²) >= 11 is 0. The molecule has 6 nitrogen and oxygen atoms in total. The summed E-state index contributed by atoms with van der Waals surface area (Å²) in [5.41, 5.74) is 2.95. The van der Waals surface area contributed by atoms with Crippen LogP contribution in [0.1, 0.15) is 21.5 Å². The van der Waals surface area contributed by atoms with Gasteiger partial charge < -0.3 is 10.6 Å². The van der Waals surface area contributed by atoms with Crippen LogP contribution in [0, 0.1) is 47.8 Å². The summed E-state index contributed by atoms with van der Waals surface area (Å²) in [6.45, 7) is 3.75. The van der Waals surface area contributed by atoms with Gasteiger partial charge in [-0.05, 0) is 43.7 Å². The topological polar surface area (TPSA) is 112 Å². The molecule has 0 aromatic heterocycles. The molecule has 6 heteroatoms. The summed E-state index contributed by atoms with van der Waals surface area (Å²) in [4.78, 5) is 12.4. The summed E-state index contributed by atoms with van der Waals surface area (Å²) in [6.07, 6.45) is 0. The van der Waals surface area contributed by atoms with Gasteiger partial charge in [-0.2, -0.15) is 15.8 Å². The van der Waals surface area contributed by atoms with Gasteiger partial charge in [0.05, 0.1) is 0 Å². The van der Waals surface area contributed by atoms with E-state index in [0.717, 1.165) is 11.1 Å². The number of hydrogen-bond donors (Lipinski definition) is 2. The molecule has 0 radical (unpaired) electrons. The van der Waals surface area contributed by atoms with Gasteiger partial charge in [-0.3, -0.25) is 4.79 Å². The lowest BCUT2D eigenvalue weighted by Gasteiger charge is -2.12. The highest BCUT2D eigenvalue weighted by atomic mass is 16.1. The van der Waals surface area contributed by atoms with E-state index in [9.17, 15) is 4.79 Å². The van der Waals surface area contributed by atoms with Crippen LogP contribution in [-0.2, 0) is 0 Å². The number of rotatable bonds is 4. The molecule has 2 aromatic carbocycles. The number of carbonyl (C=O) groups is 1. The molecule has 0 aliphatic carbocycles. The second-order valence-electron chi connectivity index (χ2n) is 5.56. The number of nitrogens with one attached hydrogen (secondary N) is 2. The van der Waals surface area contributed by atoms with Crippen LogP contribution < -0.4 is 10.6 Å². The number of aryl methyl sites for hydroxylation is 2. The van der Waals surface area contributed by atoms with Crippen molar-refractivity contribution in [1.82, 2.24) is 0 Å².